The van der Waals surface area contributed by atoms with Crippen molar-refractivity contribution in [3.63, 3.8) is 0 Å². The predicted octanol–water partition coefficient (Wildman–Crippen LogP) is 2.75. The van der Waals surface area contributed by atoms with Gasteiger partial charge in [-0.1, -0.05) is 0 Å². The number of Topliss-reactive ketones (excluding diaryl/α,β-unsaturated/α-hetero) is 1. The van der Waals surface area contributed by atoms with Crippen molar-refractivity contribution in [3.8, 4) is 0 Å². The quantitative estimate of drug-likeness (QED) is 0.299. The number of hydrogen-bond donors (Lipinski definition) is 0. The second-order valence-electron chi connectivity index (χ2n) is 2.81. The Kier molecular flexibility index (Phi) is 2.59. The van der Waals surface area contributed by atoms with Crippen molar-refractivity contribution in [1.29, 1.82) is 0 Å². The van der Waals surface area contributed by atoms with E-state index >= 15 is 0 Å². The van der Waals surface area contributed by atoms with Crippen molar-refractivity contribution in [3.05, 3.63) is 34.4 Å². The number of rotatable bonds is 1. The molecular formula is C9H6F4O. The summed E-state index contributed by atoms with van der Waals surface area (Å²) in [4.78, 5) is 10.8. The molecule has 0 radical (unpaired) electrons. The van der Waals surface area contributed by atoms with Gasteiger partial charge in [-0.15, -0.1) is 0 Å². The second-order valence-corrected chi connectivity index (χ2v) is 2.81. The Morgan fingerprint density at radius 2 is 1.36 bits per heavy atom. The fraction of sp³-hybridized carbons (Fsp3) is 0.222. The molecule has 0 aliphatic carbocycles. The molecule has 0 spiro atoms. The molecule has 0 N–H and O–H groups in total. The largest absolute Gasteiger partial charge is 0.294 e. The normalized spacial score (nSPS) is 10.4. The smallest absolute Gasteiger partial charge is 0.198 e. The van der Waals surface area contributed by atoms with Crippen molar-refractivity contribution in [1.82, 2.24) is 0 Å². The van der Waals surface area contributed by atoms with Crippen molar-refractivity contribution in [2.24, 2.45) is 0 Å². The SMILES string of the molecule is CC(=O)c1c(C)c(F)c(F)c(F)c1F. The van der Waals surface area contributed by atoms with Gasteiger partial charge >= 0.3 is 0 Å². The summed E-state index contributed by atoms with van der Waals surface area (Å²) in [6.07, 6.45) is 0. The molecular weight excluding hydrogens is 200 g/mol. The van der Waals surface area contributed by atoms with Crippen LogP contribution in [-0.2, 0) is 0 Å². The lowest BCUT2D eigenvalue weighted by Gasteiger charge is -2.06. The van der Waals surface area contributed by atoms with Gasteiger partial charge in [0.25, 0.3) is 0 Å². The van der Waals surface area contributed by atoms with Gasteiger partial charge in [-0.05, 0) is 13.8 Å². The number of carbonyl (C=O) groups excluding carboxylic acids is 1. The minimum absolute atomic E-state index is 0.520. The maximum atomic E-state index is 13.0. The Balaban J connectivity index is 3.68. The van der Waals surface area contributed by atoms with E-state index in [4.69, 9.17) is 0 Å². The number of benzene rings is 1. The first-order valence-electron chi connectivity index (χ1n) is 3.71. The van der Waals surface area contributed by atoms with E-state index in [0.29, 0.717) is 0 Å². The van der Waals surface area contributed by atoms with E-state index in [-0.39, 0.29) is 0 Å². The van der Waals surface area contributed by atoms with Crippen LogP contribution in [-0.4, -0.2) is 5.78 Å². The zero-order valence-corrected chi connectivity index (χ0v) is 7.42. The van der Waals surface area contributed by atoms with E-state index in [2.05, 4.69) is 0 Å². The van der Waals surface area contributed by atoms with E-state index in [9.17, 15) is 22.4 Å². The third kappa shape index (κ3) is 1.38. The van der Waals surface area contributed by atoms with E-state index in [0.717, 1.165) is 13.8 Å². The molecule has 5 heteroatoms. The fourth-order valence-electron chi connectivity index (χ4n) is 1.16. The molecule has 76 valence electrons. The van der Waals surface area contributed by atoms with E-state index in [1.807, 2.05) is 0 Å². The lowest BCUT2D eigenvalue weighted by Crippen LogP contribution is -2.09. The lowest BCUT2D eigenvalue weighted by molar-refractivity contribution is 0.101. The summed E-state index contributed by atoms with van der Waals surface area (Å²) in [5, 5.41) is 0. The van der Waals surface area contributed by atoms with Gasteiger partial charge in [0, 0.05) is 5.56 Å². The molecule has 1 aromatic rings. The molecule has 1 aromatic carbocycles. The molecule has 14 heavy (non-hydrogen) atoms. The molecule has 0 saturated carbocycles. The number of carbonyl (C=O) groups is 1. The summed E-state index contributed by atoms with van der Waals surface area (Å²) >= 11 is 0. The highest BCUT2D eigenvalue weighted by molar-refractivity contribution is 5.95. The molecule has 0 aliphatic heterocycles. The summed E-state index contributed by atoms with van der Waals surface area (Å²) in [5.74, 6) is -7.89. The van der Waals surface area contributed by atoms with Gasteiger partial charge < -0.3 is 0 Å². The molecule has 0 unspecified atom stereocenters. The molecule has 1 nitrogen and oxygen atoms in total. The van der Waals surface area contributed by atoms with Gasteiger partial charge in [0.15, 0.2) is 29.1 Å². The van der Waals surface area contributed by atoms with Crippen LogP contribution in [0.5, 0.6) is 0 Å². The van der Waals surface area contributed by atoms with Crippen molar-refractivity contribution in [2.45, 2.75) is 13.8 Å². The molecule has 0 amide bonds. The Hall–Kier alpha value is -1.39. The first kappa shape index (κ1) is 10.7. The predicted molar refractivity (Wildman–Crippen MR) is 41.0 cm³/mol. The average molecular weight is 206 g/mol. The van der Waals surface area contributed by atoms with Crippen LogP contribution in [0.25, 0.3) is 0 Å². The van der Waals surface area contributed by atoms with Gasteiger partial charge in [0.2, 0.25) is 0 Å². The van der Waals surface area contributed by atoms with Crippen LogP contribution >= 0.6 is 0 Å². The van der Waals surface area contributed by atoms with E-state index in [1.54, 1.807) is 0 Å². The average Bonchev–Trinajstić information content (AvgIpc) is 2.11. The van der Waals surface area contributed by atoms with E-state index in [1.165, 1.54) is 0 Å². The van der Waals surface area contributed by atoms with Gasteiger partial charge in [0.05, 0.1) is 5.56 Å². The Bertz CT molecular complexity index is 383. The minimum Gasteiger partial charge on any atom is -0.294 e. The van der Waals surface area contributed by atoms with Crippen LogP contribution in [0.2, 0.25) is 0 Å². The minimum atomic E-state index is -1.96. The van der Waals surface area contributed by atoms with Crippen molar-refractivity contribution >= 4 is 5.78 Å². The summed E-state index contributed by atoms with van der Waals surface area (Å²) in [6, 6.07) is 0. The first-order valence-corrected chi connectivity index (χ1v) is 3.71. The second kappa shape index (κ2) is 3.40. The van der Waals surface area contributed by atoms with Crippen LogP contribution in [0, 0.1) is 30.2 Å². The first-order chi connectivity index (χ1) is 6.37. The van der Waals surface area contributed by atoms with Crippen LogP contribution in [0.15, 0.2) is 0 Å². The third-order valence-electron chi connectivity index (χ3n) is 1.85. The van der Waals surface area contributed by atoms with Crippen molar-refractivity contribution < 1.29 is 22.4 Å². The fourth-order valence-corrected chi connectivity index (χ4v) is 1.16. The van der Waals surface area contributed by atoms with Crippen LogP contribution in [0.4, 0.5) is 17.6 Å². The molecule has 0 heterocycles. The van der Waals surface area contributed by atoms with Gasteiger partial charge in [-0.3, -0.25) is 4.79 Å². The number of halogens is 4. The molecule has 0 atom stereocenters. The third-order valence-corrected chi connectivity index (χ3v) is 1.85. The topological polar surface area (TPSA) is 17.1 Å². The lowest BCUT2D eigenvalue weighted by atomic mass is 10.0. The molecule has 0 fully saturated rings. The molecule has 0 aromatic heterocycles. The highest BCUT2D eigenvalue weighted by atomic mass is 19.2. The Labute approximate surface area is 77.3 Å². The van der Waals surface area contributed by atoms with Crippen molar-refractivity contribution in [2.75, 3.05) is 0 Å². The maximum absolute atomic E-state index is 13.0. The monoisotopic (exact) mass is 206 g/mol. The highest BCUT2D eigenvalue weighted by Gasteiger charge is 2.24. The van der Waals surface area contributed by atoms with E-state index < -0.39 is 40.2 Å². The number of hydrogen-bond acceptors (Lipinski definition) is 1. The van der Waals surface area contributed by atoms with Gasteiger partial charge in [-0.2, -0.15) is 0 Å². The standard InChI is InChI=1S/C9H6F4O/c1-3-5(4(2)14)7(11)9(13)8(12)6(3)10/h1-2H3. The molecule has 0 aliphatic rings. The molecule has 0 saturated heterocycles. The summed E-state index contributed by atoms with van der Waals surface area (Å²) in [5.41, 5.74) is -1.27. The zero-order valence-electron chi connectivity index (χ0n) is 7.42. The Morgan fingerprint density at radius 1 is 0.929 bits per heavy atom. The van der Waals surface area contributed by atoms with Crippen LogP contribution in [0.3, 0.4) is 0 Å². The van der Waals surface area contributed by atoms with Gasteiger partial charge in [0.1, 0.15) is 0 Å². The Morgan fingerprint density at radius 3 is 1.79 bits per heavy atom. The summed E-state index contributed by atoms with van der Waals surface area (Å²) < 4.78 is 51.1. The maximum Gasteiger partial charge on any atom is 0.198 e. The van der Waals surface area contributed by atoms with Gasteiger partial charge in [-0.25, -0.2) is 17.6 Å². The van der Waals surface area contributed by atoms with Crippen LogP contribution in [0.1, 0.15) is 22.8 Å². The summed E-state index contributed by atoms with van der Waals surface area (Å²) in [7, 11) is 0. The zero-order chi connectivity index (χ0) is 11.0. The van der Waals surface area contributed by atoms with Crippen LogP contribution < -0.4 is 0 Å². The summed E-state index contributed by atoms with van der Waals surface area (Å²) in [6.45, 7) is 1.96. The molecule has 1 rings (SSSR count). The highest BCUT2D eigenvalue weighted by Crippen LogP contribution is 2.23. The number of ketones is 1. The molecule has 0 bridgehead atoms.